The molecular weight excluding hydrogens is 333 g/mol. The van der Waals surface area contributed by atoms with Crippen LogP contribution in [-0.4, -0.2) is 28.9 Å². The fraction of sp³-hybridized carbons (Fsp3) is 0.400. The second kappa shape index (κ2) is 6.31. The highest BCUT2D eigenvalue weighted by molar-refractivity contribution is 9.10. The van der Waals surface area contributed by atoms with Crippen molar-refractivity contribution < 1.29 is 23.2 Å². The Morgan fingerprint density at radius 1 is 1.47 bits per heavy atom. The Kier molecular flexibility index (Phi) is 5.27. The van der Waals surface area contributed by atoms with Gasteiger partial charge in [-0.3, -0.25) is 10.1 Å². The number of nitrogens with one attached hydrogen (secondary N) is 1. The zero-order valence-electron chi connectivity index (χ0n) is 9.45. The first-order valence-electron chi connectivity index (χ1n) is 5.10. The van der Waals surface area contributed by atoms with Crippen molar-refractivity contribution in [2.45, 2.75) is 18.8 Å². The summed E-state index contributed by atoms with van der Waals surface area (Å²) < 4.78 is 36.3. The average Bonchev–Trinajstić information content (AvgIpc) is 2.29. The number of hydrogen-bond donors (Lipinski definition) is 2. The van der Waals surface area contributed by atoms with Gasteiger partial charge in [-0.15, -0.1) is 0 Å². The summed E-state index contributed by atoms with van der Waals surface area (Å²) in [4.78, 5) is 10.1. The molecule has 0 fully saturated rings. The smallest absolute Gasteiger partial charge is 0.382 e. The molecule has 0 spiro atoms. The number of hydrogen-bond acceptors (Lipinski definition) is 4. The number of rotatable bonds is 5. The third-order valence-corrected chi connectivity index (χ3v) is 3.20. The van der Waals surface area contributed by atoms with Gasteiger partial charge in [-0.2, -0.15) is 13.2 Å². The average molecular weight is 343 g/mol. The van der Waals surface area contributed by atoms with Crippen molar-refractivity contribution in [2.75, 3.05) is 6.54 Å². The number of aliphatic hydroxyl groups is 1. The summed E-state index contributed by atoms with van der Waals surface area (Å²) in [5.41, 5.74) is 0.263. The van der Waals surface area contributed by atoms with Crippen LogP contribution in [0.15, 0.2) is 22.7 Å². The fourth-order valence-electron chi connectivity index (χ4n) is 1.30. The van der Waals surface area contributed by atoms with E-state index >= 15 is 0 Å². The minimum Gasteiger partial charge on any atom is -0.382 e. The second-order valence-corrected chi connectivity index (χ2v) is 4.49. The molecule has 1 aromatic rings. The zero-order valence-corrected chi connectivity index (χ0v) is 11.0. The lowest BCUT2D eigenvalue weighted by molar-refractivity contribution is -0.385. The number of nitrogens with zero attached hydrogens (tertiary/aromatic N) is 1. The van der Waals surface area contributed by atoms with E-state index in [2.05, 4.69) is 21.2 Å². The normalized spacial score (nSPS) is 13.3. The molecule has 5 nitrogen and oxygen atoms in total. The third kappa shape index (κ3) is 4.44. The van der Waals surface area contributed by atoms with Crippen LogP contribution in [-0.2, 0) is 6.54 Å². The Morgan fingerprint density at radius 2 is 2.11 bits per heavy atom. The summed E-state index contributed by atoms with van der Waals surface area (Å²) in [6.45, 7) is -0.714. The predicted molar refractivity (Wildman–Crippen MR) is 64.6 cm³/mol. The summed E-state index contributed by atoms with van der Waals surface area (Å²) in [6.07, 6.45) is -7.16. The van der Waals surface area contributed by atoms with E-state index in [4.69, 9.17) is 5.11 Å². The number of halogens is 4. The van der Waals surface area contributed by atoms with Gasteiger partial charge in [-0.1, -0.05) is 12.1 Å². The van der Waals surface area contributed by atoms with E-state index in [0.717, 1.165) is 0 Å². The number of alkyl halides is 3. The van der Waals surface area contributed by atoms with Crippen LogP contribution in [0, 0.1) is 10.1 Å². The van der Waals surface area contributed by atoms with Crippen molar-refractivity contribution >= 4 is 21.6 Å². The molecule has 0 radical (unpaired) electrons. The van der Waals surface area contributed by atoms with E-state index in [1.165, 1.54) is 18.2 Å². The molecule has 0 heterocycles. The Morgan fingerprint density at radius 3 is 2.63 bits per heavy atom. The van der Waals surface area contributed by atoms with Crippen molar-refractivity contribution in [3.05, 3.63) is 38.3 Å². The molecule has 2 N–H and O–H groups in total. The molecule has 0 amide bonds. The lowest BCUT2D eigenvalue weighted by atomic mass is 10.2. The van der Waals surface area contributed by atoms with Crippen molar-refractivity contribution in [1.82, 2.24) is 5.32 Å². The summed E-state index contributed by atoms with van der Waals surface area (Å²) in [5, 5.41) is 21.8. The summed E-state index contributed by atoms with van der Waals surface area (Å²) in [7, 11) is 0. The molecule has 9 heteroatoms. The minimum atomic E-state index is -4.69. The monoisotopic (exact) mass is 342 g/mol. The quantitative estimate of drug-likeness (QED) is 0.636. The van der Waals surface area contributed by atoms with E-state index in [1.807, 2.05) is 0 Å². The van der Waals surface area contributed by atoms with Crippen LogP contribution in [0.25, 0.3) is 0 Å². The summed E-state index contributed by atoms with van der Waals surface area (Å²) >= 11 is 3.02. The van der Waals surface area contributed by atoms with Crippen LogP contribution in [0.1, 0.15) is 5.56 Å². The summed E-state index contributed by atoms with van der Waals surface area (Å²) in [5.74, 6) is 0. The van der Waals surface area contributed by atoms with Crippen molar-refractivity contribution in [3.8, 4) is 0 Å². The van der Waals surface area contributed by atoms with Crippen molar-refractivity contribution in [3.63, 3.8) is 0 Å². The minimum absolute atomic E-state index is 0.0323. The first-order chi connectivity index (χ1) is 8.73. The first kappa shape index (κ1) is 15.9. The number of aliphatic hydroxyl groups excluding tert-OH is 1. The van der Waals surface area contributed by atoms with E-state index < -0.39 is 23.7 Å². The standard InChI is InChI=1S/C10H10BrF3N2O3/c11-9-6(2-1-3-7(9)16(18)19)4-15-5-8(17)10(12,13)14/h1-3,8,15,17H,4-5H2. The molecule has 0 aliphatic carbocycles. The van der Waals surface area contributed by atoms with E-state index in [0.29, 0.717) is 5.56 Å². The lowest BCUT2D eigenvalue weighted by Crippen LogP contribution is -2.38. The maximum Gasteiger partial charge on any atom is 0.415 e. The highest BCUT2D eigenvalue weighted by Gasteiger charge is 2.37. The van der Waals surface area contributed by atoms with Crippen LogP contribution in [0.3, 0.4) is 0 Å². The highest BCUT2D eigenvalue weighted by Crippen LogP contribution is 2.28. The van der Waals surface area contributed by atoms with Gasteiger partial charge in [0.2, 0.25) is 0 Å². The Hall–Kier alpha value is -1.19. The molecule has 1 rings (SSSR count). The maximum atomic E-state index is 12.0. The van der Waals surface area contributed by atoms with Crippen molar-refractivity contribution in [1.29, 1.82) is 0 Å². The molecule has 1 aromatic carbocycles. The maximum absolute atomic E-state index is 12.0. The van der Waals surface area contributed by atoms with Gasteiger partial charge in [0.25, 0.3) is 5.69 Å². The third-order valence-electron chi connectivity index (χ3n) is 2.29. The SMILES string of the molecule is O=[N+]([O-])c1cccc(CNCC(O)C(F)(F)F)c1Br. The lowest BCUT2D eigenvalue weighted by Gasteiger charge is -2.15. The van der Waals surface area contributed by atoms with E-state index in [-0.39, 0.29) is 16.7 Å². The second-order valence-electron chi connectivity index (χ2n) is 3.70. The predicted octanol–water partition coefficient (Wildman–Crippen LogP) is 2.37. The molecule has 0 saturated carbocycles. The Bertz CT molecular complexity index is 468. The fourth-order valence-corrected chi connectivity index (χ4v) is 1.85. The molecule has 0 aliphatic rings. The van der Waals surface area contributed by atoms with Crippen LogP contribution < -0.4 is 5.32 Å². The van der Waals surface area contributed by atoms with E-state index in [1.54, 1.807) is 0 Å². The van der Waals surface area contributed by atoms with Crippen molar-refractivity contribution in [2.24, 2.45) is 0 Å². The highest BCUT2D eigenvalue weighted by atomic mass is 79.9. The van der Waals surface area contributed by atoms with Crippen LogP contribution >= 0.6 is 15.9 Å². The molecule has 1 atom stereocenters. The van der Waals surface area contributed by atoms with Crippen LogP contribution in [0.2, 0.25) is 0 Å². The topological polar surface area (TPSA) is 75.4 Å². The van der Waals surface area contributed by atoms with Gasteiger partial charge >= 0.3 is 6.18 Å². The van der Waals surface area contributed by atoms with Gasteiger partial charge in [0, 0.05) is 19.2 Å². The van der Waals surface area contributed by atoms with Crippen LogP contribution in [0.5, 0.6) is 0 Å². The Balaban J connectivity index is 2.64. The van der Waals surface area contributed by atoms with Gasteiger partial charge in [-0.25, -0.2) is 0 Å². The summed E-state index contributed by atoms with van der Waals surface area (Å²) in [6, 6.07) is 4.24. The molecule has 106 valence electrons. The largest absolute Gasteiger partial charge is 0.415 e. The first-order valence-corrected chi connectivity index (χ1v) is 5.90. The zero-order chi connectivity index (χ0) is 14.6. The molecular formula is C10H10BrF3N2O3. The van der Waals surface area contributed by atoms with Gasteiger partial charge in [0.05, 0.1) is 9.40 Å². The molecule has 19 heavy (non-hydrogen) atoms. The number of benzene rings is 1. The van der Waals surface area contributed by atoms with Gasteiger partial charge < -0.3 is 10.4 Å². The molecule has 0 aliphatic heterocycles. The van der Waals surface area contributed by atoms with Gasteiger partial charge in [0.1, 0.15) is 0 Å². The van der Waals surface area contributed by atoms with Crippen LogP contribution in [0.4, 0.5) is 18.9 Å². The van der Waals surface area contributed by atoms with E-state index in [9.17, 15) is 23.3 Å². The molecule has 1 unspecified atom stereocenters. The van der Waals surface area contributed by atoms with Gasteiger partial charge in [-0.05, 0) is 21.5 Å². The molecule has 0 saturated heterocycles. The number of nitro groups is 1. The number of nitro benzene ring substituents is 1. The molecule has 0 bridgehead atoms. The van der Waals surface area contributed by atoms with Gasteiger partial charge in [0.15, 0.2) is 6.10 Å². The Labute approximate surface area is 114 Å². The molecule has 0 aromatic heterocycles.